The Bertz CT molecular complexity index is 2010. The van der Waals surface area contributed by atoms with E-state index in [1.807, 2.05) is 0 Å². The van der Waals surface area contributed by atoms with Crippen LogP contribution in [0, 0.1) is 0 Å². The third kappa shape index (κ3) is 19.3. The lowest BCUT2D eigenvalue weighted by Crippen LogP contribution is -2.59. The van der Waals surface area contributed by atoms with Crippen molar-refractivity contribution in [1.82, 2.24) is 46.2 Å². The number of nitrogens with two attached hydrogens (primary N) is 1. The number of unbranched alkanes of at least 4 members (excludes halogenated alkanes) is 11. The zero-order valence-corrected chi connectivity index (χ0v) is 45.3. The van der Waals surface area contributed by atoms with Gasteiger partial charge in [0.25, 0.3) is 0 Å². The van der Waals surface area contributed by atoms with Gasteiger partial charge in [-0.2, -0.15) is 0 Å². The lowest BCUT2D eigenvalue weighted by Gasteiger charge is -2.33. The molecule has 4 aliphatic rings. The molecular weight excluding hydrogens is 985 g/mol. The monoisotopic (exact) mass is 1070 g/mol. The number of carbonyl (C=O) groups excluding carboxylic acids is 9. The van der Waals surface area contributed by atoms with Crippen molar-refractivity contribution in [2.24, 2.45) is 5.73 Å². The molecule has 0 aliphatic carbocycles. The summed E-state index contributed by atoms with van der Waals surface area (Å²) < 4.78 is 0. The zero-order chi connectivity index (χ0) is 55.7. The topological polar surface area (TPSA) is 327 Å². The quantitative estimate of drug-likeness (QED) is 0.0435. The highest BCUT2D eigenvalue weighted by atomic mass is 16.4. The van der Waals surface area contributed by atoms with Crippen LogP contribution in [0.3, 0.4) is 0 Å². The lowest BCUT2D eigenvalue weighted by molar-refractivity contribution is -0.152. The Hall–Kier alpha value is -5.87. The van der Waals surface area contributed by atoms with Crippen LogP contribution >= 0.6 is 0 Å². The lowest BCUT2D eigenvalue weighted by atomic mass is 10.1. The van der Waals surface area contributed by atoms with Crippen molar-refractivity contribution in [3.63, 3.8) is 0 Å². The number of aliphatic carboxylic acids is 2. The smallest absolute Gasteiger partial charge is 0.326 e. The fourth-order valence-electron chi connectivity index (χ4n) is 10.8. The number of carbonyl (C=O) groups is 11. The molecule has 0 radical (unpaired) electrons. The van der Waals surface area contributed by atoms with Crippen molar-refractivity contribution in [2.75, 3.05) is 39.3 Å². The van der Waals surface area contributed by atoms with Gasteiger partial charge in [-0.05, 0) is 104 Å². The van der Waals surface area contributed by atoms with Crippen LogP contribution < -0.4 is 32.3 Å². The summed E-state index contributed by atoms with van der Waals surface area (Å²) in [5, 5.41) is 32.2. The first-order chi connectivity index (χ1) is 36.4. The Balaban J connectivity index is 1.29. The summed E-state index contributed by atoms with van der Waals surface area (Å²) in [4.78, 5) is 151. The first kappa shape index (κ1) is 62.7. The molecule has 8 atom stereocenters. The van der Waals surface area contributed by atoms with Gasteiger partial charge < -0.3 is 62.1 Å². The van der Waals surface area contributed by atoms with E-state index >= 15 is 0 Å². The minimum absolute atomic E-state index is 0.128. The molecule has 23 heteroatoms. The molecule has 0 bridgehead atoms. The van der Waals surface area contributed by atoms with Gasteiger partial charge in [-0.1, -0.05) is 71.1 Å². The van der Waals surface area contributed by atoms with Crippen LogP contribution in [0.4, 0.5) is 0 Å². The predicted octanol–water partition coefficient (Wildman–Crippen LogP) is 1.83. The van der Waals surface area contributed by atoms with Gasteiger partial charge in [0.15, 0.2) is 0 Å². The average Bonchev–Trinajstić information content (AvgIpc) is 4.25. The Labute approximate surface area is 447 Å². The van der Waals surface area contributed by atoms with E-state index in [1.54, 1.807) is 0 Å². The molecule has 9 N–H and O–H groups in total. The van der Waals surface area contributed by atoms with Crippen molar-refractivity contribution < 1.29 is 63.0 Å². The summed E-state index contributed by atoms with van der Waals surface area (Å²) in [7, 11) is 0. The van der Waals surface area contributed by atoms with Crippen molar-refractivity contribution in [3.8, 4) is 0 Å². The highest BCUT2D eigenvalue weighted by Crippen LogP contribution is 2.28. The second-order valence-corrected chi connectivity index (χ2v) is 21.0. The molecule has 4 heterocycles. The van der Waals surface area contributed by atoms with Crippen LogP contribution in [0.25, 0.3) is 0 Å². The predicted molar refractivity (Wildman–Crippen MR) is 280 cm³/mol. The zero-order valence-electron chi connectivity index (χ0n) is 45.3. The fourth-order valence-corrected chi connectivity index (χ4v) is 10.8. The van der Waals surface area contributed by atoms with Gasteiger partial charge >= 0.3 is 11.9 Å². The van der Waals surface area contributed by atoms with E-state index in [4.69, 9.17) is 5.73 Å². The third-order valence-electron chi connectivity index (χ3n) is 15.1. The number of rotatable bonds is 33. The molecule has 428 valence electrons. The fraction of sp³-hybridized carbons (Fsp3) is 0.792. The Morgan fingerprint density at radius 1 is 0.500 bits per heavy atom. The Kier molecular flexibility index (Phi) is 26.9. The van der Waals surface area contributed by atoms with Crippen molar-refractivity contribution in [1.29, 1.82) is 0 Å². The van der Waals surface area contributed by atoms with Gasteiger partial charge in [-0.3, -0.25) is 47.9 Å². The number of nitrogens with zero attached hydrogens (tertiary/aromatic N) is 4. The van der Waals surface area contributed by atoms with E-state index in [2.05, 4.69) is 33.5 Å². The minimum Gasteiger partial charge on any atom is -0.481 e. The van der Waals surface area contributed by atoms with E-state index in [0.717, 1.165) is 19.3 Å². The number of carboxylic acids is 2. The van der Waals surface area contributed by atoms with Crippen LogP contribution in [0.5, 0.6) is 0 Å². The SMILES string of the molecule is CCCCCCCCCCCCCC(=O)NCC(=O)N[C@@H](CCCCN)C(=O)N[C@@H](CCC(=O)O)C(=O)N[C@@H](C)C(=O)N1CCC[C@H]1C(=O)N1CCC[C@H]1C(=O)N[C@@H](C)C(=O)N1CCC[C@H]1C(=O)N1CCC[C@H]1C(=O)O. The van der Waals surface area contributed by atoms with Crippen molar-refractivity contribution in [2.45, 2.75) is 230 Å². The van der Waals surface area contributed by atoms with E-state index in [1.165, 1.54) is 78.4 Å². The van der Waals surface area contributed by atoms with Gasteiger partial charge in [0.1, 0.15) is 48.3 Å². The summed E-state index contributed by atoms with van der Waals surface area (Å²) in [6.07, 6.45) is 16.2. The Morgan fingerprint density at radius 2 is 0.961 bits per heavy atom. The molecule has 9 amide bonds. The summed E-state index contributed by atoms with van der Waals surface area (Å²) >= 11 is 0. The molecule has 23 nitrogen and oxygen atoms in total. The molecule has 4 aliphatic heterocycles. The third-order valence-corrected chi connectivity index (χ3v) is 15.1. The molecule has 4 rings (SSSR count). The van der Waals surface area contributed by atoms with E-state index in [0.29, 0.717) is 70.8 Å². The average molecular weight is 1070 g/mol. The van der Waals surface area contributed by atoms with Gasteiger partial charge in [-0.15, -0.1) is 0 Å². The normalized spacial score (nSPS) is 20.8. The Morgan fingerprint density at radius 3 is 1.49 bits per heavy atom. The van der Waals surface area contributed by atoms with Crippen LogP contribution in [0.2, 0.25) is 0 Å². The first-order valence-corrected chi connectivity index (χ1v) is 28.2. The van der Waals surface area contributed by atoms with Gasteiger partial charge in [0, 0.05) is 39.0 Å². The molecule has 0 aromatic rings. The summed E-state index contributed by atoms with van der Waals surface area (Å²) in [6.45, 7) is 5.94. The van der Waals surface area contributed by atoms with Crippen LogP contribution in [0.15, 0.2) is 0 Å². The van der Waals surface area contributed by atoms with Gasteiger partial charge in [-0.25, -0.2) is 4.79 Å². The van der Waals surface area contributed by atoms with E-state index < -0.39 is 114 Å². The highest BCUT2D eigenvalue weighted by Gasteiger charge is 2.46. The number of carboxylic acid groups (broad SMARTS) is 2. The molecule has 76 heavy (non-hydrogen) atoms. The van der Waals surface area contributed by atoms with E-state index in [9.17, 15) is 63.0 Å². The molecular formula is C53H88N10O13. The summed E-state index contributed by atoms with van der Waals surface area (Å²) in [5.41, 5.74) is 5.68. The summed E-state index contributed by atoms with van der Waals surface area (Å²) in [6, 6.07) is -8.67. The van der Waals surface area contributed by atoms with Gasteiger partial charge in [0.05, 0.1) is 6.54 Å². The molecule has 0 unspecified atom stereocenters. The minimum atomic E-state index is -1.45. The largest absolute Gasteiger partial charge is 0.481 e. The van der Waals surface area contributed by atoms with Gasteiger partial charge in [0.2, 0.25) is 53.2 Å². The number of nitrogens with one attached hydrogen (secondary N) is 5. The number of hydrogen-bond acceptors (Lipinski definition) is 12. The molecule has 4 fully saturated rings. The maximum Gasteiger partial charge on any atom is 0.326 e. The second-order valence-electron chi connectivity index (χ2n) is 21.0. The number of likely N-dealkylation sites (tertiary alicyclic amines) is 4. The molecule has 4 saturated heterocycles. The molecule has 0 aromatic heterocycles. The van der Waals surface area contributed by atoms with Crippen molar-refractivity contribution in [3.05, 3.63) is 0 Å². The second kappa shape index (κ2) is 32.7. The number of hydrogen-bond donors (Lipinski definition) is 8. The molecule has 0 aromatic carbocycles. The standard InChI is InChI=1S/C53H88N10O13/c1-4-5-6-7-8-9-10-11-12-13-14-26-43(64)55-34-44(65)58-37(21-15-16-29-54)47(69)59-38(27-28-45(66)67)46(68)56-35(2)49(71)61-31-18-23-40(61)51(73)60-30-17-22-39(60)48(70)57-36(3)50(72)62-32-19-24-41(62)52(74)63-33-20-25-42(63)53(75)76/h35-42H,4-34,54H2,1-3H3,(H,55,64)(H,56,68)(H,57,70)(H,58,65)(H,59,69)(H,66,67)(H,75,76)/t35-,36-,37-,38-,39-,40-,41-,42-/m0/s1. The maximum absolute atomic E-state index is 14.2. The van der Waals surface area contributed by atoms with E-state index in [-0.39, 0.29) is 64.3 Å². The number of amides is 9. The first-order valence-electron chi connectivity index (χ1n) is 28.2. The highest BCUT2D eigenvalue weighted by molar-refractivity contribution is 5.98. The van der Waals surface area contributed by atoms with Crippen molar-refractivity contribution >= 4 is 65.1 Å². The van der Waals surface area contributed by atoms with Crippen LogP contribution in [-0.2, 0) is 52.7 Å². The molecule has 0 spiro atoms. The van der Waals surface area contributed by atoms with Crippen LogP contribution in [-0.4, -0.2) is 183 Å². The maximum atomic E-state index is 14.2. The summed E-state index contributed by atoms with van der Waals surface area (Å²) in [5.74, 6) is -7.54. The van der Waals surface area contributed by atoms with Crippen LogP contribution in [0.1, 0.15) is 181 Å². The molecule has 0 saturated carbocycles.